The second kappa shape index (κ2) is 5.53. The van der Waals surface area contributed by atoms with Gasteiger partial charge >= 0.3 is 0 Å². The van der Waals surface area contributed by atoms with Gasteiger partial charge in [-0.3, -0.25) is 0 Å². The maximum absolute atomic E-state index is 9.48. The van der Waals surface area contributed by atoms with E-state index in [4.69, 9.17) is 4.74 Å². The van der Waals surface area contributed by atoms with Crippen molar-refractivity contribution in [3.05, 3.63) is 35.9 Å². The Morgan fingerprint density at radius 1 is 1.33 bits per heavy atom. The van der Waals surface area contributed by atoms with E-state index in [2.05, 4.69) is 17.0 Å². The molecule has 0 bridgehead atoms. The first-order valence-electron chi connectivity index (χ1n) is 5.99. The van der Waals surface area contributed by atoms with Crippen LogP contribution in [0.5, 0.6) is 11.5 Å². The second-order valence-corrected chi connectivity index (χ2v) is 4.19. The fourth-order valence-electron chi connectivity index (χ4n) is 1.76. The molecule has 0 aliphatic rings. The molecular formula is C13H17N3O2. The fraction of sp³-hybridized carbons (Fsp3) is 0.385. The average molecular weight is 247 g/mol. The standard InChI is InChI=1S/C13H17N3O2/c1-3-4-16-13(14-9-15-16)8-18-12-6-10(2)5-11(17)7-12/h5-7,9,17H,3-4,8H2,1-2H3. The Morgan fingerprint density at radius 3 is 2.89 bits per heavy atom. The molecule has 0 atom stereocenters. The topological polar surface area (TPSA) is 60.2 Å². The van der Waals surface area contributed by atoms with Crippen LogP contribution < -0.4 is 4.74 Å². The Morgan fingerprint density at radius 2 is 2.17 bits per heavy atom. The van der Waals surface area contributed by atoms with Crippen LogP contribution in [0.2, 0.25) is 0 Å². The van der Waals surface area contributed by atoms with Crippen molar-refractivity contribution in [1.82, 2.24) is 14.8 Å². The summed E-state index contributed by atoms with van der Waals surface area (Å²) >= 11 is 0. The molecule has 0 fully saturated rings. The number of rotatable bonds is 5. The summed E-state index contributed by atoms with van der Waals surface area (Å²) in [4.78, 5) is 4.16. The maximum atomic E-state index is 9.48. The number of nitrogens with zero attached hydrogens (tertiary/aromatic N) is 3. The third kappa shape index (κ3) is 3.00. The summed E-state index contributed by atoms with van der Waals surface area (Å²) in [6.45, 7) is 5.18. The quantitative estimate of drug-likeness (QED) is 0.880. The van der Waals surface area contributed by atoms with Gasteiger partial charge in [-0.2, -0.15) is 5.10 Å². The van der Waals surface area contributed by atoms with Crippen LogP contribution in [0.25, 0.3) is 0 Å². The van der Waals surface area contributed by atoms with E-state index >= 15 is 0 Å². The predicted molar refractivity (Wildman–Crippen MR) is 67.5 cm³/mol. The number of phenols is 1. The van der Waals surface area contributed by atoms with Crippen LogP contribution in [0.15, 0.2) is 24.5 Å². The molecule has 0 spiro atoms. The minimum atomic E-state index is 0.208. The molecule has 5 heteroatoms. The van der Waals surface area contributed by atoms with Gasteiger partial charge in [-0.15, -0.1) is 0 Å². The predicted octanol–water partition coefficient (Wildman–Crippen LogP) is 2.28. The van der Waals surface area contributed by atoms with Gasteiger partial charge in [0.1, 0.15) is 24.4 Å². The van der Waals surface area contributed by atoms with Gasteiger partial charge < -0.3 is 9.84 Å². The van der Waals surface area contributed by atoms with Gasteiger partial charge in [0.25, 0.3) is 0 Å². The van der Waals surface area contributed by atoms with Crippen molar-refractivity contribution >= 4 is 0 Å². The third-order valence-corrected chi connectivity index (χ3v) is 2.53. The molecule has 0 aliphatic carbocycles. The normalized spacial score (nSPS) is 10.6. The highest BCUT2D eigenvalue weighted by molar-refractivity contribution is 5.36. The molecule has 1 N–H and O–H groups in total. The van der Waals surface area contributed by atoms with Crippen LogP contribution in [0.1, 0.15) is 24.7 Å². The number of phenolic OH excluding ortho intramolecular Hbond substituents is 1. The smallest absolute Gasteiger partial charge is 0.164 e. The Labute approximate surface area is 106 Å². The molecule has 0 aliphatic heterocycles. The zero-order valence-electron chi connectivity index (χ0n) is 10.6. The van der Waals surface area contributed by atoms with Crippen LogP contribution in [0, 0.1) is 6.92 Å². The van der Waals surface area contributed by atoms with Crippen LogP contribution >= 0.6 is 0 Å². The molecule has 0 saturated heterocycles. The molecule has 2 rings (SSSR count). The first-order chi connectivity index (χ1) is 8.69. The zero-order valence-corrected chi connectivity index (χ0v) is 10.6. The zero-order chi connectivity index (χ0) is 13.0. The fourth-order valence-corrected chi connectivity index (χ4v) is 1.76. The lowest BCUT2D eigenvalue weighted by Crippen LogP contribution is -2.08. The summed E-state index contributed by atoms with van der Waals surface area (Å²) in [5.41, 5.74) is 0.958. The summed E-state index contributed by atoms with van der Waals surface area (Å²) in [6, 6.07) is 5.15. The Balaban J connectivity index is 2.04. The summed E-state index contributed by atoms with van der Waals surface area (Å²) in [5, 5.41) is 13.6. The van der Waals surface area contributed by atoms with E-state index in [9.17, 15) is 5.11 Å². The average Bonchev–Trinajstić information content (AvgIpc) is 2.73. The molecule has 0 radical (unpaired) electrons. The van der Waals surface area contributed by atoms with E-state index < -0.39 is 0 Å². The van der Waals surface area contributed by atoms with Crippen molar-refractivity contribution in [2.24, 2.45) is 0 Å². The molecule has 1 heterocycles. The van der Waals surface area contributed by atoms with Gasteiger partial charge in [0.2, 0.25) is 0 Å². The number of benzene rings is 1. The van der Waals surface area contributed by atoms with Crippen LogP contribution in [-0.4, -0.2) is 19.9 Å². The van der Waals surface area contributed by atoms with Gasteiger partial charge in [0, 0.05) is 12.6 Å². The van der Waals surface area contributed by atoms with Crippen LogP contribution in [0.4, 0.5) is 0 Å². The molecule has 96 valence electrons. The van der Waals surface area contributed by atoms with E-state index in [1.54, 1.807) is 12.1 Å². The van der Waals surface area contributed by atoms with Crippen LogP contribution in [0.3, 0.4) is 0 Å². The number of ether oxygens (including phenoxy) is 1. The van der Waals surface area contributed by atoms with Gasteiger partial charge in [0.05, 0.1) is 0 Å². The van der Waals surface area contributed by atoms with E-state index in [0.717, 1.165) is 24.4 Å². The largest absolute Gasteiger partial charge is 0.508 e. The van der Waals surface area contributed by atoms with Gasteiger partial charge in [-0.05, 0) is 31.0 Å². The lowest BCUT2D eigenvalue weighted by atomic mass is 10.2. The number of aromatic hydroxyl groups is 1. The molecule has 0 amide bonds. The molecular weight excluding hydrogens is 230 g/mol. The molecule has 0 saturated carbocycles. The molecule has 1 aromatic heterocycles. The van der Waals surface area contributed by atoms with E-state index in [1.165, 1.54) is 6.33 Å². The molecule has 2 aromatic rings. The second-order valence-electron chi connectivity index (χ2n) is 4.19. The van der Waals surface area contributed by atoms with E-state index in [0.29, 0.717) is 12.4 Å². The van der Waals surface area contributed by atoms with Gasteiger partial charge in [-0.25, -0.2) is 9.67 Å². The molecule has 1 aromatic carbocycles. The molecule has 18 heavy (non-hydrogen) atoms. The summed E-state index contributed by atoms with van der Waals surface area (Å²) in [6.07, 6.45) is 2.53. The van der Waals surface area contributed by atoms with E-state index in [1.807, 2.05) is 17.7 Å². The SMILES string of the molecule is CCCn1ncnc1COc1cc(C)cc(O)c1. The summed E-state index contributed by atoms with van der Waals surface area (Å²) in [7, 11) is 0. The van der Waals surface area contributed by atoms with Crippen molar-refractivity contribution in [2.75, 3.05) is 0 Å². The van der Waals surface area contributed by atoms with Crippen LogP contribution in [-0.2, 0) is 13.2 Å². The Bertz CT molecular complexity index is 502. The van der Waals surface area contributed by atoms with Gasteiger partial charge in [-0.1, -0.05) is 6.92 Å². The van der Waals surface area contributed by atoms with Crippen molar-refractivity contribution in [3.63, 3.8) is 0 Å². The lowest BCUT2D eigenvalue weighted by molar-refractivity contribution is 0.284. The molecule has 0 unspecified atom stereocenters. The first kappa shape index (κ1) is 12.4. The highest BCUT2D eigenvalue weighted by atomic mass is 16.5. The van der Waals surface area contributed by atoms with Gasteiger partial charge in [0.15, 0.2) is 5.82 Å². The Hall–Kier alpha value is -2.04. The van der Waals surface area contributed by atoms with Crippen molar-refractivity contribution in [1.29, 1.82) is 0 Å². The monoisotopic (exact) mass is 247 g/mol. The highest BCUT2D eigenvalue weighted by Crippen LogP contribution is 2.21. The number of hydrogen-bond donors (Lipinski definition) is 1. The first-order valence-corrected chi connectivity index (χ1v) is 5.99. The van der Waals surface area contributed by atoms with Crippen molar-refractivity contribution in [2.45, 2.75) is 33.4 Å². The molecule has 5 nitrogen and oxygen atoms in total. The van der Waals surface area contributed by atoms with Crippen molar-refractivity contribution in [3.8, 4) is 11.5 Å². The number of hydrogen-bond acceptors (Lipinski definition) is 4. The third-order valence-electron chi connectivity index (χ3n) is 2.53. The number of aromatic nitrogens is 3. The maximum Gasteiger partial charge on any atom is 0.164 e. The summed E-state index contributed by atoms with van der Waals surface area (Å²) in [5.74, 6) is 1.64. The van der Waals surface area contributed by atoms with E-state index in [-0.39, 0.29) is 5.75 Å². The summed E-state index contributed by atoms with van der Waals surface area (Å²) < 4.78 is 7.44. The van der Waals surface area contributed by atoms with Crippen molar-refractivity contribution < 1.29 is 9.84 Å². The minimum absolute atomic E-state index is 0.208. The lowest BCUT2D eigenvalue weighted by Gasteiger charge is -2.08. The minimum Gasteiger partial charge on any atom is -0.508 e. The Kier molecular flexibility index (Phi) is 3.82. The highest BCUT2D eigenvalue weighted by Gasteiger charge is 2.05. The number of aryl methyl sites for hydroxylation is 2.